The Morgan fingerprint density at radius 1 is 1.36 bits per heavy atom. The Kier molecular flexibility index (Phi) is 9.45. The van der Waals surface area contributed by atoms with Gasteiger partial charge in [-0.15, -0.1) is 0 Å². The third kappa shape index (κ3) is 7.35. The quantitative estimate of drug-likeness (QED) is 0.236. The summed E-state index contributed by atoms with van der Waals surface area (Å²) >= 11 is 2.38. The standard InChI is InChI=1S/C11H19IO2/c1-3-14-11(13)10(2)8-6-4-5-7-9-12/h8H,3-7,9H2,1-2H3/b10-8+. The van der Waals surface area contributed by atoms with Crippen LogP contribution in [0.3, 0.4) is 0 Å². The van der Waals surface area contributed by atoms with Crippen LogP contribution in [0.1, 0.15) is 39.5 Å². The Morgan fingerprint density at radius 2 is 2.07 bits per heavy atom. The van der Waals surface area contributed by atoms with Crippen molar-refractivity contribution in [3.05, 3.63) is 11.6 Å². The zero-order chi connectivity index (χ0) is 10.8. The molecule has 0 aliphatic carbocycles. The van der Waals surface area contributed by atoms with Crippen LogP contribution in [0.4, 0.5) is 0 Å². The van der Waals surface area contributed by atoms with Gasteiger partial charge in [-0.25, -0.2) is 4.79 Å². The molecule has 0 aromatic heterocycles. The van der Waals surface area contributed by atoms with Crippen molar-refractivity contribution < 1.29 is 9.53 Å². The number of esters is 1. The highest BCUT2D eigenvalue weighted by Gasteiger charge is 2.02. The summed E-state index contributed by atoms with van der Waals surface area (Å²) in [4.78, 5) is 11.2. The van der Waals surface area contributed by atoms with Crippen molar-refractivity contribution in [1.82, 2.24) is 0 Å². The Bertz CT molecular complexity index is 188. The first-order valence-corrected chi connectivity index (χ1v) is 6.64. The largest absolute Gasteiger partial charge is 0.463 e. The average molecular weight is 310 g/mol. The molecule has 0 fully saturated rings. The molecule has 0 aromatic carbocycles. The Morgan fingerprint density at radius 3 is 2.64 bits per heavy atom. The first-order valence-electron chi connectivity index (χ1n) is 5.12. The summed E-state index contributed by atoms with van der Waals surface area (Å²) in [6, 6.07) is 0. The van der Waals surface area contributed by atoms with E-state index in [9.17, 15) is 4.79 Å². The molecule has 0 aliphatic rings. The fourth-order valence-corrected chi connectivity index (χ4v) is 1.60. The summed E-state index contributed by atoms with van der Waals surface area (Å²) in [5.41, 5.74) is 0.737. The highest BCUT2D eigenvalue weighted by molar-refractivity contribution is 14.1. The van der Waals surface area contributed by atoms with E-state index in [1.807, 2.05) is 19.9 Å². The fraction of sp³-hybridized carbons (Fsp3) is 0.727. The number of hydrogen-bond acceptors (Lipinski definition) is 2. The van der Waals surface area contributed by atoms with Crippen LogP contribution in [-0.4, -0.2) is 17.0 Å². The van der Waals surface area contributed by atoms with E-state index in [1.165, 1.54) is 23.7 Å². The number of rotatable bonds is 7. The van der Waals surface area contributed by atoms with Crippen molar-refractivity contribution >= 4 is 28.6 Å². The van der Waals surface area contributed by atoms with Gasteiger partial charge in [0.2, 0.25) is 0 Å². The van der Waals surface area contributed by atoms with Gasteiger partial charge in [0.05, 0.1) is 6.61 Å². The number of carbonyl (C=O) groups excluding carboxylic acids is 1. The van der Waals surface area contributed by atoms with Crippen molar-refractivity contribution in [3.8, 4) is 0 Å². The number of hydrogen-bond donors (Lipinski definition) is 0. The van der Waals surface area contributed by atoms with Crippen molar-refractivity contribution in [2.24, 2.45) is 0 Å². The number of ether oxygens (including phenoxy) is 1. The van der Waals surface area contributed by atoms with Crippen molar-refractivity contribution in [2.45, 2.75) is 39.5 Å². The maximum atomic E-state index is 11.2. The third-order valence-electron chi connectivity index (χ3n) is 1.89. The molecule has 0 saturated heterocycles. The summed E-state index contributed by atoms with van der Waals surface area (Å²) in [7, 11) is 0. The molecule has 0 spiro atoms. The average Bonchev–Trinajstić information content (AvgIpc) is 2.17. The van der Waals surface area contributed by atoms with E-state index in [2.05, 4.69) is 22.6 Å². The highest BCUT2D eigenvalue weighted by Crippen LogP contribution is 2.06. The van der Waals surface area contributed by atoms with Gasteiger partial charge in [0.1, 0.15) is 0 Å². The van der Waals surface area contributed by atoms with Crippen molar-refractivity contribution in [2.75, 3.05) is 11.0 Å². The zero-order valence-corrected chi connectivity index (χ0v) is 11.2. The molecule has 0 saturated carbocycles. The lowest BCUT2D eigenvalue weighted by molar-refractivity contribution is -0.138. The van der Waals surface area contributed by atoms with Gasteiger partial charge in [-0.3, -0.25) is 0 Å². The first kappa shape index (κ1) is 13.9. The fourth-order valence-electron chi connectivity index (χ4n) is 1.06. The highest BCUT2D eigenvalue weighted by atomic mass is 127. The summed E-state index contributed by atoms with van der Waals surface area (Å²) in [6.45, 7) is 4.10. The van der Waals surface area contributed by atoms with Crippen LogP contribution in [0.25, 0.3) is 0 Å². The van der Waals surface area contributed by atoms with Crippen LogP contribution in [0.5, 0.6) is 0 Å². The van der Waals surface area contributed by atoms with Gasteiger partial charge in [0, 0.05) is 5.57 Å². The molecule has 0 atom stereocenters. The molecule has 0 amide bonds. The normalized spacial score (nSPS) is 11.5. The van der Waals surface area contributed by atoms with E-state index < -0.39 is 0 Å². The van der Waals surface area contributed by atoms with Crippen LogP contribution in [-0.2, 0) is 9.53 Å². The summed E-state index contributed by atoms with van der Waals surface area (Å²) in [5.74, 6) is -0.179. The molecular formula is C11H19IO2. The number of unbranched alkanes of at least 4 members (excludes halogenated alkanes) is 3. The smallest absolute Gasteiger partial charge is 0.333 e. The van der Waals surface area contributed by atoms with Crippen LogP contribution in [0.2, 0.25) is 0 Å². The van der Waals surface area contributed by atoms with Crippen LogP contribution >= 0.6 is 22.6 Å². The minimum atomic E-state index is -0.179. The molecule has 2 nitrogen and oxygen atoms in total. The summed E-state index contributed by atoms with van der Waals surface area (Å²) < 4.78 is 6.09. The molecule has 0 unspecified atom stereocenters. The molecule has 0 rings (SSSR count). The molecule has 3 heteroatoms. The Balaban J connectivity index is 3.60. The second kappa shape index (κ2) is 9.49. The molecule has 0 bridgehead atoms. The Hall–Kier alpha value is -0.0600. The van der Waals surface area contributed by atoms with E-state index in [1.54, 1.807) is 0 Å². The predicted octanol–water partition coefficient (Wildman–Crippen LogP) is 3.49. The number of carbonyl (C=O) groups is 1. The van der Waals surface area contributed by atoms with Crippen LogP contribution in [0.15, 0.2) is 11.6 Å². The number of allylic oxidation sites excluding steroid dienone is 1. The Labute approximate surface area is 100 Å². The molecule has 0 heterocycles. The summed E-state index contributed by atoms with van der Waals surface area (Å²) in [5, 5.41) is 0. The van der Waals surface area contributed by atoms with Crippen LogP contribution < -0.4 is 0 Å². The monoisotopic (exact) mass is 310 g/mol. The number of alkyl halides is 1. The second-order valence-corrected chi connectivity index (χ2v) is 4.22. The SMILES string of the molecule is CCOC(=O)/C(C)=C/CCCCCI. The molecule has 0 radical (unpaired) electrons. The molecule has 0 aromatic rings. The second-order valence-electron chi connectivity index (χ2n) is 3.15. The minimum Gasteiger partial charge on any atom is -0.463 e. The predicted molar refractivity (Wildman–Crippen MR) is 67.7 cm³/mol. The zero-order valence-electron chi connectivity index (χ0n) is 9.01. The van der Waals surface area contributed by atoms with Crippen molar-refractivity contribution in [1.29, 1.82) is 0 Å². The van der Waals surface area contributed by atoms with Gasteiger partial charge in [0.15, 0.2) is 0 Å². The molecule has 0 aliphatic heterocycles. The molecule has 82 valence electrons. The molecule has 14 heavy (non-hydrogen) atoms. The minimum absolute atomic E-state index is 0.179. The topological polar surface area (TPSA) is 26.3 Å². The van der Waals surface area contributed by atoms with Crippen molar-refractivity contribution in [3.63, 3.8) is 0 Å². The maximum absolute atomic E-state index is 11.2. The maximum Gasteiger partial charge on any atom is 0.333 e. The third-order valence-corrected chi connectivity index (χ3v) is 2.65. The van der Waals surface area contributed by atoms with Gasteiger partial charge in [-0.1, -0.05) is 35.1 Å². The van der Waals surface area contributed by atoms with E-state index in [0.717, 1.165) is 12.0 Å². The summed E-state index contributed by atoms with van der Waals surface area (Å²) in [6.07, 6.45) is 6.65. The van der Waals surface area contributed by atoms with Gasteiger partial charge >= 0.3 is 5.97 Å². The number of halogens is 1. The van der Waals surface area contributed by atoms with Gasteiger partial charge in [-0.2, -0.15) is 0 Å². The molecule has 0 N–H and O–H groups in total. The van der Waals surface area contributed by atoms with Gasteiger partial charge in [0.25, 0.3) is 0 Å². The van der Waals surface area contributed by atoms with E-state index in [0.29, 0.717) is 6.61 Å². The lowest BCUT2D eigenvalue weighted by atomic mass is 10.1. The lowest BCUT2D eigenvalue weighted by Gasteiger charge is -2.01. The molecular weight excluding hydrogens is 291 g/mol. The van der Waals surface area contributed by atoms with Gasteiger partial charge < -0.3 is 4.74 Å². The lowest BCUT2D eigenvalue weighted by Crippen LogP contribution is -2.04. The first-order chi connectivity index (χ1) is 6.72. The van der Waals surface area contributed by atoms with Crippen LogP contribution in [0, 0.1) is 0 Å². The van der Waals surface area contributed by atoms with Gasteiger partial charge in [-0.05, 0) is 37.5 Å². The van der Waals surface area contributed by atoms with E-state index in [4.69, 9.17) is 4.74 Å². The van der Waals surface area contributed by atoms with E-state index >= 15 is 0 Å². The van der Waals surface area contributed by atoms with E-state index in [-0.39, 0.29) is 5.97 Å².